The summed E-state index contributed by atoms with van der Waals surface area (Å²) >= 11 is 0. The topological polar surface area (TPSA) is 44.1 Å². The maximum Gasteiger partial charge on any atom is 0.279 e. The van der Waals surface area contributed by atoms with E-state index in [0.29, 0.717) is 11.3 Å². The van der Waals surface area contributed by atoms with Crippen molar-refractivity contribution in [3.8, 4) is 28.1 Å². The highest BCUT2D eigenvalue weighted by molar-refractivity contribution is 5.71. The van der Waals surface area contributed by atoms with Gasteiger partial charge in [-0.3, -0.25) is 4.79 Å². The third-order valence-electron chi connectivity index (χ3n) is 3.26. The van der Waals surface area contributed by atoms with Crippen LogP contribution in [0.3, 0.4) is 0 Å². The van der Waals surface area contributed by atoms with Crippen LogP contribution in [-0.2, 0) is 7.05 Å². The maximum absolute atomic E-state index is 12.1. The average Bonchev–Trinajstić information content (AvgIpc) is 2.48. The van der Waals surface area contributed by atoms with Crippen LogP contribution in [0.1, 0.15) is 0 Å². The molecule has 0 atom stereocenters. The molecular formula is C16H14N2O2. The number of hydrogen-bond donors (Lipinski definition) is 0. The van der Waals surface area contributed by atoms with Crippen molar-refractivity contribution in [3.05, 3.63) is 59.1 Å². The fraction of sp³-hybridized carbons (Fsp3) is 0.125. The first-order chi connectivity index (χ1) is 9.67. The molecule has 2 aliphatic heterocycles. The van der Waals surface area contributed by atoms with Crippen LogP contribution in [0.2, 0.25) is 0 Å². The Hall–Kier alpha value is -2.62. The predicted molar refractivity (Wildman–Crippen MR) is 78.1 cm³/mol. The van der Waals surface area contributed by atoms with Gasteiger partial charge in [-0.1, -0.05) is 0 Å². The maximum atomic E-state index is 12.1. The number of benzene rings is 1. The summed E-state index contributed by atoms with van der Waals surface area (Å²) in [5.74, 6) is 0.781. The second kappa shape index (κ2) is 4.81. The van der Waals surface area contributed by atoms with Gasteiger partial charge in [-0.25, -0.2) is 4.98 Å². The van der Waals surface area contributed by atoms with Crippen molar-refractivity contribution in [1.82, 2.24) is 9.55 Å². The lowest BCUT2D eigenvalue weighted by molar-refractivity contribution is 0.415. The molecule has 20 heavy (non-hydrogen) atoms. The lowest BCUT2D eigenvalue weighted by atomic mass is 10.0. The highest BCUT2D eigenvalue weighted by atomic mass is 16.5. The number of aryl methyl sites for hydroxylation is 1. The molecule has 2 heterocycles. The van der Waals surface area contributed by atoms with Gasteiger partial charge in [0.25, 0.3) is 5.56 Å². The van der Waals surface area contributed by atoms with Gasteiger partial charge in [-0.05, 0) is 42.0 Å². The molecule has 2 aliphatic rings. The molecule has 0 saturated carbocycles. The van der Waals surface area contributed by atoms with Crippen LogP contribution in [0.25, 0.3) is 22.4 Å². The van der Waals surface area contributed by atoms with E-state index < -0.39 is 0 Å². The first kappa shape index (κ1) is 12.4. The minimum atomic E-state index is -0.204. The largest absolute Gasteiger partial charge is 0.497 e. The Morgan fingerprint density at radius 3 is 2.55 bits per heavy atom. The van der Waals surface area contributed by atoms with E-state index in [-0.39, 0.29) is 5.56 Å². The molecule has 0 unspecified atom stereocenters. The lowest BCUT2D eigenvalue weighted by Crippen LogP contribution is -2.12. The Morgan fingerprint density at radius 1 is 1.10 bits per heavy atom. The number of methoxy groups -OCH3 is 1. The minimum absolute atomic E-state index is 0.204. The molecule has 100 valence electrons. The van der Waals surface area contributed by atoms with E-state index in [9.17, 15) is 4.79 Å². The van der Waals surface area contributed by atoms with Crippen molar-refractivity contribution < 1.29 is 4.74 Å². The molecule has 3 rings (SSSR count). The smallest absolute Gasteiger partial charge is 0.279 e. The van der Waals surface area contributed by atoms with E-state index in [1.807, 2.05) is 54.2 Å². The zero-order valence-corrected chi connectivity index (χ0v) is 11.3. The Kier molecular flexibility index (Phi) is 2.99. The molecule has 1 aromatic carbocycles. The Labute approximate surface area is 116 Å². The van der Waals surface area contributed by atoms with Crippen LogP contribution in [-0.4, -0.2) is 16.7 Å². The molecule has 0 bridgehead atoms. The molecule has 4 nitrogen and oxygen atoms in total. The van der Waals surface area contributed by atoms with Crippen molar-refractivity contribution in [2.24, 2.45) is 7.05 Å². The van der Waals surface area contributed by atoms with Gasteiger partial charge in [0.05, 0.1) is 18.4 Å². The van der Waals surface area contributed by atoms with E-state index >= 15 is 0 Å². The van der Waals surface area contributed by atoms with E-state index in [0.717, 1.165) is 16.9 Å². The van der Waals surface area contributed by atoms with Crippen LogP contribution >= 0.6 is 0 Å². The number of hydrogen-bond acceptors (Lipinski definition) is 3. The molecule has 0 aromatic heterocycles. The summed E-state index contributed by atoms with van der Waals surface area (Å²) in [5, 5.41) is 0. The number of rotatable bonds is 2. The van der Waals surface area contributed by atoms with Crippen molar-refractivity contribution >= 4 is 0 Å². The third-order valence-corrected chi connectivity index (χ3v) is 3.26. The van der Waals surface area contributed by atoms with Crippen LogP contribution < -0.4 is 10.3 Å². The summed E-state index contributed by atoms with van der Waals surface area (Å²) in [7, 11) is 3.51. The minimum Gasteiger partial charge on any atom is -0.497 e. The number of pyridine rings is 2. The number of ether oxygens (including phenoxy) is 1. The van der Waals surface area contributed by atoms with Crippen LogP contribution in [0.5, 0.6) is 5.75 Å². The van der Waals surface area contributed by atoms with Crippen LogP contribution in [0.4, 0.5) is 0 Å². The molecular weight excluding hydrogens is 252 g/mol. The van der Waals surface area contributed by atoms with Crippen molar-refractivity contribution in [1.29, 1.82) is 0 Å². The normalized spacial score (nSPS) is 10.7. The first-order valence-electron chi connectivity index (χ1n) is 6.29. The molecule has 0 saturated heterocycles. The summed E-state index contributed by atoms with van der Waals surface area (Å²) in [4.78, 5) is 16.3. The number of nitrogens with zero attached hydrogens (tertiary/aromatic N) is 2. The fourth-order valence-corrected chi connectivity index (χ4v) is 2.17. The zero-order valence-electron chi connectivity index (χ0n) is 11.3. The first-order valence-corrected chi connectivity index (χ1v) is 6.29. The van der Waals surface area contributed by atoms with Gasteiger partial charge >= 0.3 is 0 Å². The van der Waals surface area contributed by atoms with E-state index in [1.165, 1.54) is 0 Å². The monoisotopic (exact) mass is 266 g/mol. The van der Waals surface area contributed by atoms with Gasteiger partial charge in [0.15, 0.2) is 0 Å². The fourth-order valence-electron chi connectivity index (χ4n) is 2.17. The number of fused-ring (bicyclic) bond motifs is 1. The Morgan fingerprint density at radius 2 is 1.85 bits per heavy atom. The molecule has 0 radical (unpaired) electrons. The zero-order chi connectivity index (χ0) is 14.1. The molecule has 0 aliphatic carbocycles. The quantitative estimate of drug-likeness (QED) is 0.716. The van der Waals surface area contributed by atoms with Crippen molar-refractivity contribution in [3.63, 3.8) is 0 Å². The van der Waals surface area contributed by atoms with Gasteiger partial charge in [-0.2, -0.15) is 0 Å². The summed E-state index contributed by atoms with van der Waals surface area (Å²) in [6, 6.07) is 11.4. The predicted octanol–water partition coefficient (Wildman–Crippen LogP) is 2.56. The summed E-state index contributed by atoms with van der Waals surface area (Å²) < 4.78 is 6.97. The van der Waals surface area contributed by atoms with Gasteiger partial charge in [0.2, 0.25) is 0 Å². The second-order valence-electron chi connectivity index (χ2n) is 4.65. The van der Waals surface area contributed by atoms with E-state index in [2.05, 4.69) is 4.98 Å². The van der Waals surface area contributed by atoms with Gasteiger partial charge in [0, 0.05) is 25.0 Å². The summed E-state index contributed by atoms with van der Waals surface area (Å²) in [6.07, 6.45) is 3.71. The van der Waals surface area contributed by atoms with Gasteiger partial charge < -0.3 is 9.30 Å². The molecule has 0 fully saturated rings. The van der Waals surface area contributed by atoms with Crippen LogP contribution in [0, 0.1) is 0 Å². The van der Waals surface area contributed by atoms with Crippen molar-refractivity contribution in [2.45, 2.75) is 0 Å². The highest BCUT2D eigenvalue weighted by Crippen LogP contribution is 2.24. The van der Waals surface area contributed by atoms with Crippen molar-refractivity contribution in [2.75, 3.05) is 7.11 Å². The second-order valence-corrected chi connectivity index (χ2v) is 4.65. The molecule has 0 spiro atoms. The lowest BCUT2D eigenvalue weighted by Gasteiger charge is -2.09. The number of aromatic nitrogens is 2. The summed E-state index contributed by atoms with van der Waals surface area (Å²) in [5.41, 5.74) is 2.91. The Balaban J connectivity index is 2.15. The Bertz CT molecular complexity index is 775. The average molecular weight is 266 g/mol. The van der Waals surface area contributed by atoms with Gasteiger partial charge in [0.1, 0.15) is 5.75 Å². The summed E-state index contributed by atoms with van der Waals surface area (Å²) in [6.45, 7) is 0. The SMILES string of the molecule is COc1ccc(-c2cc3ccn(C)cc-3c(=O)n2)cc1. The van der Waals surface area contributed by atoms with E-state index in [1.54, 1.807) is 13.3 Å². The molecule has 0 amide bonds. The standard InChI is InChI=1S/C16H14N2O2/c1-18-8-7-12-9-15(17-16(19)14(12)10-18)11-3-5-13(20-2)6-4-11/h3-10H,1-2H3. The van der Waals surface area contributed by atoms with E-state index in [4.69, 9.17) is 4.74 Å². The molecule has 1 aromatic rings. The highest BCUT2D eigenvalue weighted by Gasteiger charge is 2.10. The third kappa shape index (κ3) is 2.16. The van der Waals surface area contributed by atoms with Crippen LogP contribution in [0.15, 0.2) is 53.6 Å². The molecule has 4 heteroatoms. The molecule has 0 N–H and O–H groups in total. The van der Waals surface area contributed by atoms with Gasteiger partial charge in [-0.15, -0.1) is 0 Å².